The molecule has 144 valence electrons. The number of carbonyl (C=O) groups excluding carboxylic acids is 2. The highest BCUT2D eigenvalue weighted by Gasteiger charge is 2.42. The number of aromatic nitrogens is 2. The van der Waals surface area contributed by atoms with E-state index in [1.54, 1.807) is 0 Å². The van der Waals surface area contributed by atoms with Gasteiger partial charge in [0.2, 0.25) is 5.91 Å². The number of para-hydroxylation sites is 2. The predicted octanol–water partition coefficient (Wildman–Crippen LogP) is 1.92. The van der Waals surface area contributed by atoms with Crippen molar-refractivity contribution in [1.29, 1.82) is 0 Å². The summed E-state index contributed by atoms with van der Waals surface area (Å²) in [6, 6.07) is 8.44. The number of unbranched alkanes of at least 4 members (excludes halogenated alkanes) is 1. The van der Waals surface area contributed by atoms with Crippen molar-refractivity contribution in [3.05, 3.63) is 30.1 Å². The molecule has 1 aromatic carbocycles. The van der Waals surface area contributed by atoms with Crippen molar-refractivity contribution >= 4 is 34.7 Å². The average molecular weight is 388 g/mol. The lowest BCUT2D eigenvalue weighted by atomic mass is 10.0. The number of amides is 3. The van der Waals surface area contributed by atoms with Gasteiger partial charge in [0.1, 0.15) is 5.82 Å². The molecule has 27 heavy (non-hydrogen) atoms. The fourth-order valence-electron chi connectivity index (χ4n) is 3.89. The molecule has 3 atom stereocenters. The van der Waals surface area contributed by atoms with E-state index in [1.165, 1.54) is 0 Å². The Kier molecular flexibility index (Phi) is 5.24. The van der Waals surface area contributed by atoms with Gasteiger partial charge in [-0.05, 0) is 25.0 Å². The zero-order valence-corrected chi connectivity index (χ0v) is 16.2. The summed E-state index contributed by atoms with van der Waals surface area (Å²) in [5.74, 6) is 1.91. The van der Waals surface area contributed by atoms with E-state index in [9.17, 15) is 9.59 Å². The molecule has 3 unspecified atom stereocenters. The topological polar surface area (TPSA) is 88.0 Å². The van der Waals surface area contributed by atoms with Gasteiger partial charge in [-0.2, -0.15) is 11.8 Å². The van der Waals surface area contributed by atoms with Gasteiger partial charge in [-0.1, -0.05) is 18.6 Å². The third-order valence-corrected chi connectivity index (χ3v) is 6.91. The molecular weight excluding hydrogens is 362 g/mol. The molecule has 2 aliphatic rings. The highest BCUT2D eigenvalue weighted by molar-refractivity contribution is 8.00. The van der Waals surface area contributed by atoms with E-state index in [4.69, 9.17) is 0 Å². The van der Waals surface area contributed by atoms with Crippen LogP contribution in [0.1, 0.15) is 31.5 Å². The Labute approximate surface area is 162 Å². The Morgan fingerprint density at radius 3 is 3.04 bits per heavy atom. The Morgan fingerprint density at radius 1 is 1.33 bits per heavy atom. The number of hydrogen-bond donors (Lipinski definition) is 3. The average Bonchev–Trinajstić information content (AvgIpc) is 3.30. The van der Waals surface area contributed by atoms with Crippen molar-refractivity contribution < 1.29 is 9.59 Å². The second-order valence-electron chi connectivity index (χ2n) is 7.22. The Balaban J connectivity index is 1.18. The van der Waals surface area contributed by atoms with Crippen molar-refractivity contribution in [2.45, 2.75) is 49.6 Å². The molecule has 0 radical (unpaired) electrons. The number of hydrogen-bond acceptors (Lipinski definition) is 4. The van der Waals surface area contributed by atoms with Crippen LogP contribution in [-0.2, 0) is 18.4 Å². The van der Waals surface area contributed by atoms with E-state index in [0.717, 1.165) is 41.9 Å². The SMILES string of the molecule is Cn1c(CNC(=O)CCCCC2SCC3NC(=O)NC32)nc2ccccc21. The van der Waals surface area contributed by atoms with E-state index < -0.39 is 0 Å². The molecule has 0 aliphatic carbocycles. The summed E-state index contributed by atoms with van der Waals surface area (Å²) in [5, 5.41) is 9.40. The number of aryl methyl sites for hydroxylation is 1. The van der Waals surface area contributed by atoms with Gasteiger partial charge in [-0.15, -0.1) is 0 Å². The minimum Gasteiger partial charge on any atom is -0.349 e. The van der Waals surface area contributed by atoms with Gasteiger partial charge in [0, 0.05) is 24.5 Å². The summed E-state index contributed by atoms with van der Waals surface area (Å²) in [5.41, 5.74) is 2.02. The Hall–Kier alpha value is -2.22. The van der Waals surface area contributed by atoms with Gasteiger partial charge >= 0.3 is 6.03 Å². The lowest BCUT2D eigenvalue weighted by Gasteiger charge is -2.16. The Bertz CT molecular complexity index is 852. The molecule has 7 nitrogen and oxygen atoms in total. The monoisotopic (exact) mass is 387 g/mol. The maximum atomic E-state index is 12.1. The number of nitrogens with one attached hydrogen (secondary N) is 3. The van der Waals surface area contributed by atoms with Crippen molar-refractivity contribution in [2.24, 2.45) is 7.05 Å². The molecule has 0 bridgehead atoms. The Morgan fingerprint density at radius 2 is 2.19 bits per heavy atom. The predicted molar refractivity (Wildman–Crippen MR) is 107 cm³/mol. The van der Waals surface area contributed by atoms with Crippen molar-refractivity contribution in [3.8, 4) is 0 Å². The molecule has 3 heterocycles. The van der Waals surface area contributed by atoms with Gasteiger partial charge < -0.3 is 20.5 Å². The van der Waals surface area contributed by atoms with Crippen LogP contribution in [0.2, 0.25) is 0 Å². The highest BCUT2D eigenvalue weighted by atomic mass is 32.2. The second-order valence-corrected chi connectivity index (χ2v) is 8.49. The number of urea groups is 1. The molecule has 2 aromatic rings. The summed E-state index contributed by atoms with van der Waals surface area (Å²) in [4.78, 5) is 28.1. The summed E-state index contributed by atoms with van der Waals surface area (Å²) >= 11 is 1.92. The van der Waals surface area contributed by atoms with Crippen molar-refractivity contribution in [2.75, 3.05) is 5.75 Å². The quantitative estimate of drug-likeness (QED) is 0.500. The smallest absolute Gasteiger partial charge is 0.315 e. The number of thioether (sulfide) groups is 1. The van der Waals surface area contributed by atoms with Crippen LogP contribution in [-0.4, -0.2) is 44.6 Å². The molecular formula is C19H25N5O2S. The van der Waals surface area contributed by atoms with E-state index >= 15 is 0 Å². The molecule has 3 N–H and O–H groups in total. The van der Waals surface area contributed by atoms with Crippen LogP contribution in [0.5, 0.6) is 0 Å². The zero-order chi connectivity index (χ0) is 18.8. The van der Waals surface area contributed by atoms with E-state index in [0.29, 0.717) is 18.2 Å². The molecule has 1 aromatic heterocycles. The van der Waals surface area contributed by atoms with E-state index in [-0.39, 0.29) is 24.0 Å². The number of fused-ring (bicyclic) bond motifs is 2. The van der Waals surface area contributed by atoms with Crippen molar-refractivity contribution in [3.63, 3.8) is 0 Å². The molecule has 3 amide bonds. The highest BCUT2D eigenvalue weighted by Crippen LogP contribution is 2.33. The molecule has 2 aliphatic heterocycles. The van der Waals surface area contributed by atoms with E-state index in [1.807, 2.05) is 47.6 Å². The number of rotatable bonds is 7. The minimum atomic E-state index is -0.0448. The lowest BCUT2D eigenvalue weighted by molar-refractivity contribution is -0.121. The second kappa shape index (κ2) is 7.80. The van der Waals surface area contributed by atoms with Crippen LogP contribution in [0.15, 0.2) is 24.3 Å². The van der Waals surface area contributed by atoms with E-state index in [2.05, 4.69) is 20.9 Å². The van der Waals surface area contributed by atoms with Crippen LogP contribution in [0.3, 0.4) is 0 Å². The minimum absolute atomic E-state index is 0.0448. The maximum Gasteiger partial charge on any atom is 0.315 e. The molecule has 0 spiro atoms. The molecule has 0 saturated carbocycles. The number of carbonyl (C=O) groups is 2. The number of imidazole rings is 1. The first-order valence-electron chi connectivity index (χ1n) is 9.47. The first-order valence-corrected chi connectivity index (χ1v) is 10.5. The molecule has 8 heteroatoms. The first kappa shape index (κ1) is 18.2. The zero-order valence-electron chi connectivity index (χ0n) is 15.4. The molecule has 2 saturated heterocycles. The summed E-state index contributed by atoms with van der Waals surface area (Å²) in [6.07, 6.45) is 3.42. The van der Waals surface area contributed by atoms with Gasteiger partial charge in [0.25, 0.3) is 0 Å². The van der Waals surface area contributed by atoms with Crippen LogP contribution >= 0.6 is 11.8 Å². The summed E-state index contributed by atoms with van der Waals surface area (Å²) < 4.78 is 2.02. The largest absolute Gasteiger partial charge is 0.349 e. The number of benzene rings is 1. The normalized spacial score (nSPS) is 23.9. The van der Waals surface area contributed by atoms with Gasteiger partial charge in [-0.25, -0.2) is 9.78 Å². The summed E-state index contributed by atoms with van der Waals surface area (Å²) in [7, 11) is 1.97. The molecule has 2 fully saturated rings. The van der Waals surface area contributed by atoms with Crippen LogP contribution in [0, 0.1) is 0 Å². The molecule has 4 rings (SSSR count). The maximum absolute atomic E-state index is 12.1. The third-order valence-electron chi connectivity index (χ3n) is 5.40. The van der Waals surface area contributed by atoms with Gasteiger partial charge in [0.05, 0.1) is 29.7 Å². The number of nitrogens with zero attached hydrogens (tertiary/aromatic N) is 2. The van der Waals surface area contributed by atoms with Crippen molar-refractivity contribution in [1.82, 2.24) is 25.5 Å². The summed E-state index contributed by atoms with van der Waals surface area (Å²) in [6.45, 7) is 0.448. The van der Waals surface area contributed by atoms with Crippen LogP contribution < -0.4 is 16.0 Å². The van der Waals surface area contributed by atoms with Gasteiger partial charge in [-0.3, -0.25) is 4.79 Å². The van der Waals surface area contributed by atoms with Gasteiger partial charge in [0.15, 0.2) is 0 Å². The van der Waals surface area contributed by atoms with Crippen LogP contribution in [0.4, 0.5) is 4.79 Å². The lowest BCUT2D eigenvalue weighted by Crippen LogP contribution is -2.36. The fourth-order valence-corrected chi connectivity index (χ4v) is 5.44. The first-order chi connectivity index (χ1) is 13.1. The fraction of sp³-hybridized carbons (Fsp3) is 0.526. The third kappa shape index (κ3) is 3.90. The van der Waals surface area contributed by atoms with Crippen LogP contribution in [0.25, 0.3) is 11.0 Å². The standard InChI is InChI=1S/C19H25N5O2S/c1-24-14-7-3-2-6-12(14)21-16(24)10-20-17(25)9-5-4-8-15-18-13(11-27-15)22-19(26)23-18/h2-3,6-7,13,15,18H,4-5,8-11H2,1H3,(H,20,25)(H2,22,23,26).